The van der Waals surface area contributed by atoms with E-state index in [1.54, 1.807) is 19.1 Å². The molecular weight excluding hydrogens is 427 g/mol. The first-order valence-electron chi connectivity index (χ1n) is 10.1. The number of aromatic nitrogens is 2. The van der Waals surface area contributed by atoms with Gasteiger partial charge in [-0.2, -0.15) is 5.10 Å². The minimum absolute atomic E-state index is 0.0647. The molecule has 0 aliphatic carbocycles. The lowest BCUT2D eigenvalue weighted by Gasteiger charge is -2.21. The van der Waals surface area contributed by atoms with Crippen LogP contribution in [0.25, 0.3) is 16.6 Å². The van der Waals surface area contributed by atoms with Gasteiger partial charge in [0.05, 0.1) is 28.9 Å². The van der Waals surface area contributed by atoms with E-state index in [2.05, 4.69) is 14.7 Å². The van der Waals surface area contributed by atoms with Crippen LogP contribution in [0.1, 0.15) is 30.3 Å². The number of ether oxygens (including phenoxy) is 2. The minimum Gasteiger partial charge on any atom is -0.461 e. The van der Waals surface area contributed by atoms with Crippen molar-refractivity contribution in [1.29, 1.82) is 0 Å². The van der Waals surface area contributed by atoms with Gasteiger partial charge in [-0.3, -0.25) is 4.79 Å². The van der Waals surface area contributed by atoms with Crippen LogP contribution < -0.4 is 15.1 Å². The van der Waals surface area contributed by atoms with Gasteiger partial charge in [-0.05, 0) is 56.2 Å². The molecule has 2 aromatic carbocycles. The van der Waals surface area contributed by atoms with Crippen molar-refractivity contribution < 1.29 is 27.4 Å². The third kappa shape index (κ3) is 4.25. The van der Waals surface area contributed by atoms with Crippen molar-refractivity contribution in [3.63, 3.8) is 0 Å². The summed E-state index contributed by atoms with van der Waals surface area (Å²) in [5.74, 6) is -1.25. The average molecular weight is 447 g/mol. The number of hydrogen-bond donors (Lipinski definition) is 0. The van der Waals surface area contributed by atoms with Crippen molar-refractivity contribution in [2.24, 2.45) is 0 Å². The Balaban J connectivity index is 1.91. The fourth-order valence-corrected chi connectivity index (χ4v) is 3.80. The van der Waals surface area contributed by atoms with Crippen LogP contribution in [0.4, 0.5) is 18.9 Å². The van der Waals surface area contributed by atoms with E-state index in [4.69, 9.17) is 4.74 Å². The first-order chi connectivity index (χ1) is 15.3. The van der Waals surface area contributed by atoms with Gasteiger partial charge < -0.3 is 14.4 Å². The second kappa shape index (κ2) is 8.52. The molecule has 0 unspecified atom stereocenters. The smallest absolute Gasteiger partial charge is 0.461 e. The third-order valence-electron chi connectivity index (χ3n) is 5.12. The van der Waals surface area contributed by atoms with Crippen molar-refractivity contribution in [2.75, 3.05) is 24.6 Å². The molecule has 4 rings (SSSR count). The number of halogens is 3. The molecule has 3 aromatic rings. The fraction of sp³-hybridized carbons (Fsp3) is 0.318. The van der Waals surface area contributed by atoms with Crippen LogP contribution in [0, 0.1) is 0 Å². The molecule has 1 aliphatic heterocycles. The van der Waals surface area contributed by atoms with Crippen LogP contribution in [0.2, 0.25) is 0 Å². The largest absolute Gasteiger partial charge is 0.573 e. The van der Waals surface area contributed by atoms with Crippen molar-refractivity contribution in [2.45, 2.75) is 26.1 Å². The zero-order chi connectivity index (χ0) is 22.9. The second-order valence-corrected chi connectivity index (χ2v) is 7.22. The quantitative estimate of drug-likeness (QED) is 0.550. The Labute approximate surface area is 181 Å². The highest BCUT2D eigenvalue weighted by atomic mass is 19.4. The molecule has 0 N–H and O–H groups in total. The Hall–Kier alpha value is -3.56. The SMILES string of the molecule is CCOC(=O)c1nn(-c2ccc(OC(F)(F)F)cc2)c2cccc(N3CCCC3)c2c1=O. The molecule has 1 saturated heterocycles. The van der Waals surface area contributed by atoms with E-state index < -0.39 is 23.5 Å². The highest BCUT2D eigenvalue weighted by Crippen LogP contribution is 2.29. The molecular formula is C22H20F3N3O4. The monoisotopic (exact) mass is 447 g/mol. The van der Waals surface area contributed by atoms with Gasteiger partial charge >= 0.3 is 12.3 Å². The first kappa shape index (κ1) is 21.7. The molecule has 7 nitrogen and oxygen atoms in total. The number of anilines is 1. The summed E-state index contributed by atoms with van der Waals surface area (Å²) in [5.41, 5.74) is 0.533. The number of fused-ring (bicyclic) bond motifs is 1. The van der Waals surface area contributed by atoms with Gasteiger partial charge in [0.15, 0.2) is 0 Å². The molecule has 0 spiro atoms. The van der Waals surface area contributed by atoms with Gasteiger partial charge in [0, 0.05) is 13.1 Å². The zero-order valence-electron chi connectivity index (χ0n) is 17.2. The Morgan fingerprint density at radius 1 is 1.09 bits per heavy atom. The molecule has 1 fully saturated rings. The van der Waals surface area contributed by atoms with Crippen molar-refractivity contribution in [3.8, 4) is 11.4 Å². The predicted molar refractivity (Wildman–Crippen MR) is 111 cm³/mol. The number of carbonyl (C=O) groups is 1. The van der Waals surface area contributed by atoms with Crippen LogP contribution >= 0.6 is 0 Å². The molecule has 1 aromatic heterocycles. The van der Waals surface area contributed by atoms with Crippen LogP contribution in [0.15, 0.2) is 47.3 Å². The maximum Gasteiger partial charge on any atom is 0.573 e. The summed E-state index contributed by atoms with van der Waals surface area (Å²) in [4.78, 5) is 27.8. The van der Waals surface area contributed by atoms with Gasteiger partial charge in [0.2, 0.25) is 11.1 Å². The highest BCUT2D eigenvalue weighted by Gasteiger charge is 2.31. The number of hydrogen-bond acceptors (Lipinski definition) is 6. The van der Waals surface area contributed by atoms with Gasteiger partial charge in [-0.25, -0.2) is 9.48 Å². The lowest BCUT2D eigenvalue weighted by atomic mass is 10.1. The number of benzene rings is 2. The van der Waals surface area contributed by atoms with E-state index in [0.29, 0.717) is 22.3 Å². The Morgan fingerprint density at radius 2 is 1.78 bits per heavy atom. The number of alkyl halides is 3. The van der Waals surface area contributed by atoms with E-state index >= 15 is 0 Å². The van der Waals surface area contributed by atoms with Crippen LogP contribution in [-0.2, 0) is 4.74 Å². The Kier molecular flexibility index (Phi) is 5.77. The van der Waals surface area contributed by atoms with Gasteiger partial charge in [-0.15, -0.1) is 13.2 Å². The molecule has 0 saturated carbocycles. The van der Waals surface area contributed by atoms with Crippen molar-refractivity contribution in [3.05, 3.63) is 58.4 Å². The molecule has 0 atom stereocenters. The van der Waals surface area contributed by atoms with E-state index in [1.165, 1.54) is 16.8 Å². The third-order valence-corrected chi connectivity index (χ3v) is 5.12. The normalized spacial score (nSPS) is 14.1. The van der Waals surface area contributed by atoms with Crippen molar-refractivity contribution in [1.82, 2.24) is 9.78 Å². The Bertz CT molecular complexity index is 1200. The summed E-state index contributed by atoms with van der Waals surface area (Å²) in [6.07, 6.45) is -2.84. The van der Waals surface area contributed by atoms with Crippen LogP contribution in [-0.4, -0.2) is 41.8 Å². The summed E-state index contributed by atoms with van der Waals surface area (Å²) in [6, 6.07) is 10.3. The topological polar surface area (TPSA) is 73.7 Å². The van der Waals surface area contributed by atoms with Crippen LogP contribution in [0.5, 0.6) is 5.75 Å². The maximum absolute atomic E-state index is 13.3. The van der Waals surface area contributed by atoms with E-state index in [0.717, 1.165) is 38.1 Å². The fourth-order valence-electron chi connectivity index (χ4n) is 3.80. The molecule has 168 valence electrons. The number of nitrogens with zero attached hydrogens (tertiary/aromatic N) is 3. The predicted octanol–water partition coefficient (Wildman–Crippen LogP) is 4.06. The summed E-state index contributed by atoms with van der Waals surface area (Å²) >= 11 is 0. The molecule has 0 radical (unpaired) electrons. The van der Waals surface area contributed by atoms with Crippen molar-refractivity contribution >= 4 is 22.6 Å². The lowest BCUT2D eigenvalue weighted by molar-refractivity contribution is -0.274. The summed E-state index contributed by atoms with van der Waals surface area (Å²) in [6.45, 7) is 3.24. The standard InChI is InChI=1S/C22H20F3N3O4/c1-2-31-21(30)19-20(29)18-16(27-12-3-4-13-27)6-5-7-17(18)28(26-19)14-8-10-15(11-9-14)32-22(23,24)25/h5-11H,2-4,12-13H2,1H3. The van der Waals surface area contributed by atoms with E-state index in [-0.39, 0.29) is 12.3 Å². The molecule has 1 aliphatic rings. The number of carbonyl (C=O) groups excluding carboxylic acids is 1. The van der Waals surface area contributed by atoms with Gasteiger partial charge in [0.1, 0.15) is 5.75 Å². The summed E-state index contributed by atoms with van der Waals surface area (Å²) in [7, 11) is 0. The second-order valence-electron chi connectivity index (χ2n) is 7.22. The summed E-state index contributed by atoms with van der Waals surface area (Å²) < 4.78 is 47.8. The lowest BCUT2D eigenvalue weighted by Crippen LogP contribution is -2.27. The van der Waals surface area contributed by atoms with Crippen LogP contribution in [0.3, 0.4) is 0 Å². The zero-order valence-corrected chi connectivity index (χ0v) is 17.2. The molecule has 0 amide bonds. The van der Waals surface area contributed by atoms with E-state index in [9.17, 15) is 22.8 Å². The molecule has 32 heavy (non-hydrogen) atoms. The maximum atomic E-state index is 13.3. The van der Waals surface area contributed by atoms with Gasteiger partial charge in [-0.1, -0.05) is 6.07 Å². The summed E-state index contributed by atoms with van der Waals surface area (Å²) in [5, 5.41) is 4.52. The van der Waals surface area contributed by atoms with Gasteiger partial charge in [0.25, 0.3) is 0 Å². The minimum atomic E-state index is -4.81. The molecule has 0 bridgehead atoms. The highest BCUT2D eigenvalue weighted by molar-refractivity contribution is 5.97. The molecule has 2 heterocycles. The Morgan fingerprint density at radius 3 is 2.41 bits per heavy atom. The number of rotatable bonds is 5. The van der Waals surface area contributed by atoms with E-state index in [1.807, 2.05) is 6.07 Å². The first-order valence-corrected chi connectivity index (χ1v) is 10.1. The molecule has 10 heteroatoms. The number of esters is 1. The average Bonchev–Trinajstić information content (AvgIpc) is 3.28.